The van der Waals surface area contributed by atoms with Crippen LogP contribution in [0.2, 0.25) is 0 Å². The zero-order valence-corrected chi connectivity index (χ0v) is 9.42. The molecule has 0 saturated heterocycles. The van der Waals surface area contributed by atoms with Gasteiger partial charge in [-0.05, 0) is 42.9 Å². The van der Waals surface area contributed by atoms with Gasteiger partial charge in [0, 0.05) is 5.41 Å². The van der Waals surface area contributed by atoms with Crippen LogP contribution in [-0.4, -0.2) is 11.1 Å². The number of hydrogen-bond acceptors (Lipinski definition) is 1. The second kappa shape index (κ2) is 3.49. The van der Waals surface area contributed by atoms with Gasteiger partial charge in [0.1, 0.15) is 0 Å². The third-order valence-corrected chi connectivity index (χ3v) is 4.48. The van der Waals surface area contributed by atoms with E-state index >= 15 is 0 Å². The average molecular weight is 256 g/mol. The Morgan fingerprint density at radius 3 is 2.39 bits per heavy atom. The van der Waals surface area contributed by atoms with Crippen LogP contribution < -0.4 is 0 Å². The second-order valence-electron chi connectivity index (χ2n) is 5.23. The van der Waals surface area contributed by atoms with E-state index in [-0.39, 0.29) is 11.5 Å². The van der Waals surface area contributed by atoms with Gasteiger partial charge in [0.15, 0.2) is 17.5 Å². The minimum absolute atomic E-state index is 0.0821. The number of rotatable bonds is 2. The summed E-state index contributed by atoms with van der Waals surface area (Å²) in [6.07, 6.45) is 1.96. The fourth-order valence-corrected chi connectivity index (χ4v) is 3.70. The van der Waals surface area contributed by atoms with E-state index < -0.39 is 34.8 Å². The van der Waals surface area contributed by atoms with Crippen molar-refractivity contribution in [2.24, 2.45) is 11.8 Å². The fraction of sp³-hybridized carbons (Fsp3) is 0.462. The van der Waals surface area contributed by atoms with Crippen LogP contribution in [0.1, 0.15) is 24.8 Å². The molecule has 3 fully saturated rings. The van der Waals surface area contributed by atoms with Crippen molar-refractivity contribution in [3.8, 4) is 0 Å². The lowest BCUT2D eigenvalue weighted by molar-refractivity contribution is -0.150. The first-order valence-electron chi connectivity index (χ1n) is 5.83. The lowest BCUT2D eigenvalue weighted by Crippen LogP contribution is -2.48. The summed E-state index contributed by atoms with van der Waals surface area (Å²) in [5.41, 5.74) is -0.425. The molecule has 5 heteroatoms. The van der Waals surface area contributed by atoms with Crippen LogP contribution in [-0.2, 0) is 10.2 Å². The highest BCUT2D eigenvalue weighted by Gasteiger charge is 2.63. The van der Waals surface area contributed by atoms with Crippen LogP contribution in [0.5, 0.6) is 0 Å². The van der Waals surface area contributed by atoms with Crippen molar-refractivity contribution < 1.29 is 23.1 Å². The quantitative estimate of drug-likeness (QED) is 0.826. The van der Waals surface area contributed by atoms with Crippen LogP contribution in [0.3, 0.4) is 0 Å². The fourth-order valence-electron chi connectivity index (χ4n) is 3.70. The molecule has 4 rings (SSSR count). The summed E-state index contributed by atoms with van der Waals surface area (Å²) < 4.78 is 39.4. The maximum atomic E-state index is 13.2. The molecule has 18 heavy (non-hydrogen) atoms. The van der Waals surface area contributed by atoms with Crippen LogP contribution in [0.4, 0.5) is 13.2 Å². The van der Waals surface area contributed by atoms with Crippen molar-refractivity contribution in [2.75, 3.05) is 0 Å². The molecular weight excluding hydrogens is 245 g/mol. The van der Waals surface area contributed by atoms with Crippen LogP contribution in [0.25, 0.3) is 0 Å². The van der Waals surface area contributed by atoms with Gasteiger partial charge in [-0.15, -0.1) is 0 Å². The Morgan fingerprint density at radius 2 is 1.89 bits per heavy atom. The first-order chi connectivity index (χ1) is 8.45. The van der Waals surface area contributed by atoms with Gasteiger partial charge in [-0.25, -0.2) is 13.2 Å². The van der Waals surface area contributed by atoms with Gasteiger partial charge >= 0.3 is 5.97 Å². The van der Waals surface area contributed by atoms with E-state index in [1.807, 2.05) is 0 Å². The molecule has 0 spiro atoms. The Labute approximate surface area is 101 Å². The number of carboxylic acid groups (broad SMARTS) is 1. The molecule has 0 aliphatic heterocycles. The highest BCUT2D eigenvalue weighted by molar-refractivity contribution is 5.75. The highest BCUT2D eigenvalue weighted by atomic mass is 19.2. The molecule has 3 atom stereocenters. The minimum Gasteiger partial charge on any atom is -0.481 e. The van der Waals surface area contributed by atoms with E-state index in [1.165, 1.54) is 0 Å². The molecule has 0 amide bonds. The summed E-state index contributed by atoms with van der Waals surface area (Å²) in [5.74, 6) is -5.46. The average Bonchev–Trinajstić information content (AvgIpc) is 2.83. The number of aliphatic carboxylic acids is 1. The molecule has 3 saturated carbocycles. The van der Waals surface area contributed by atoms with Gasteiger partial charge in [-0.1, -0.05) is 0 Å². The van der Waals surface area contributed by atoms with Crippen LogP contribution in [0.15, 0.2) is 12.1 Å². The molecule has 0 unspecified atom stereocenters. The lowest BCUT2D eigenvalue weighted by Gasteiger charge is -2.45. The third-order valence-electron chi connectivity index (χ3n) is 4.48. The van der Waals surface area contributed by atoms with E-state index in [1.54, 1.807) is 0 Å². The summed E-state index contributed by atoms with van der Waals surface area (Å²) in [7, 11) is 0. The SMILES string of the molecule is O=C(O)[C@H]1[C@H]2CC[C@]1(c1cc(F)c(F)c(F)c1)C2. The molecule has 3 aliphatic rings. The zero-order chi connectivity index (χ0) is 13.1. The predicted molar refractivity (Wildman–Crippen MR) is 56.5 cm³/mol. The highest BCUT2D eigenvalue weighted by Crippen LogP contribution is 2.64. The Balaban J connectivity index is 2.08. The van der Waals surface area contributed by atoms with Crippen molar-refractivity contribution in [1.82, 2.24) is 0 Å². The Kier molecular flexibility index (Phi) is 2.24. The van der Waals surface area contributed by atoms with Gasteiger partial charge in [-0.2, -0.15) is 0 Å². The summed E-state index contributed by atoms with van der Waals surface area (Å²) in [6, 6.07) is 1.88. The molecule has 1 aromatic rings. The molecule has 2 nitrogen and oxygen atoms in total. The smallest absolute Gasteiger partial charge is 0.307 e. The van der Waals surface area contributed by atoms with Crippen LogP contribution >= 0.6 is 0 Å². The summed E-state index contributed by atoms with van der Waals surface area (Å²) in [4.78, 5) is 11.2. The molecule has 1 N–H and O–H groups in total. The van der Waals surface area contributed by atoms with E-state index in [0.29, 0.717) is 12.8 Å². The molecular formula is C13H11F3O2. The maximum Gasteiger partial charge on any atom is 0.307 e. The molecule has 0 aromatic heterocycles. The summed E-state index contributed by atoms with van der Waals surface area (Å²) >= 11 is 0. The molecule has 96 valence electrons. The number of fused-ring (bicyclic) bond motifs is 1. The minimum atomic E-state index is -1.50. The van der Waals surface area contributed by atoms with Gasteiger partial charge in [0.25, 0.3) is 0 Å². The third kappa shape index (κ3) is 1.27. The van der Waals surface area contributed by atoms with Gasteiger partial charge < -0.3 is 5.11 Å². The standard InChI is InChI=1S/C13H11F3O2/c14-8-3-7(4-9(15)11(8)16)13-2-1-6(5-13)10(13)12(17)18/h3-4,6,10H,1-2,5H2,(H,17,18)/t6-,10+,13+/m0/s1. The Hall–Kier alpha value is -1.52. The molecule has 1 aromatic carbocycles. The molecule has 2 bridgehead atoms. The maximum absolute atomic E-state index is 13.2. The summed E-state index contributed by atoms with van der Waals surface area (Å²) in [5, 5.41) is 9.17. The van der Waals surface area contributed by atoms with E-state index in [9.17, 15) is 23.1 Å². The first-order valence-corrected chi connectivity index (χ1v) is 5.83. The number of hydrogen-bond donors (Lipinski definition) is 1. The van der Waals surface area contributed by atoms with E-state index in [2.05, 4.69) is 0 Å². The zero-order valence-electron chi connectivity index (χ0n) is 9.42. The van der Waals surface area contributed by atoms with Crippen molar-refractivity contribution in [1.29, 1.82) is 0 Å². The number of benzene rings is 1. The molecule has 0 radical (unpaired) electrons. The second-order valence-corrected chi connectivity index (χ2v) is 5.23. The van der Waals surface area contributed by atoms with Gasteiger partial charge in [0.05, 0.1) is 5.92 Å². The van der Waals surface area contributed by atoms with Crippen molar-refractivity contribution in [3.63, 3.8) is 0 Å². The normalized spacial score (nSPS) is 33.3. The Morgan fingerprint density at radius 1 is 1.28 bits per heavy atom. The molecule has 0 heterocycles. The monoisotopic (exact) mass is 256 g/mol. The molecule has 3 aliphatic carbocycles. The van der Waals surface area contributed by atoms with Crippen LogP contribution in [0, 0.1) is 29.3 Å². The number of carbonyl (C=O) groups is 1. The first kappa shape index (κ1) is 11.6. The number of carboxylic acids is 1. The van der Waals surface area contributed by atoms with E-state index in [4.69, 9.17) is 0 Å². The largest absolute Gasteiger partial charge is 0.481 e. The van der Waals surface area contributed by atoms with Crippen molar-refractivity contribution >= 4 is 5.97 Å². The summed E-state index contributed by atoms with van der Waals surface area (Å²) in [6.45, 7) is 0. The predicted octanol–water partition coefficient (Wildman–Crippen LogP) is 2.86. The van der Waals surface area contributed by atoms with Crippen molar-refractivity contribution in [2.45, 2.75) is 24.7 Å². The lowest BCUT2D eigenvalue weighted by atomic mass is 9.57. The van der Waals surface area contributed by atoms with Gasteiger partial charge in [-0.3, -0.25) is 4.79 Å². The van der Waals surface area contributed by atoms with Crippen molar-refractivity contribution in [3.05, 3.63) is 35.1 Å². The topological polar surface area (TPSA) is 37.3 Å². The van der Waals surface area contributed by atoms with Gasteiger partial charge in [0.2, 0.25) is 0 Å². The number of halogens is 3. The Bertz CT molecular complexity index is 516. The van der Waals surface area contributed by atoms with E-state index in [0.717, 1.165) is 18.6 Å².